The standard InChI is InChI=1S/C9H14N2O2/c10-5-1-2-7-8(6-3-4-6)11-13-9(7)12/h6,11H,1-5,10H2. The maximum atomic E-state index is 11.2. The first-order valence-corrected chi connectivity index (χ1v) is 4.73. The number of nitrogens with one attached hydrogen (secondary N) is 1. The first-order valence-electron chi connectivity index (χ1n) is 4.73. The molecule has 0 aromatic carbocycles. The molecular weight excluding hydrogens is 168 g/mol. The fourth-order valence-corrected chi connectivity index (χ4v) is 1.55. The van der Waals surface area contributed by atoms with Gasteiger partial charge in [-0.2, -0.15) is 0 Å². The Labute approximate surface area is 76.1 Å². The van der Waals surface area contributed by atoms with Crippen LogP contribution < -0.4 is 11.4 Å². The van der Waals surface area contributed by atoms with Crippen LogP contribution in [0.5, 0.6) is 0 Å². The average Bonchev–Trinajstić information content (AvgIpc) is 2.89. The van der Waals surface area contributed by atoms with Crippen LogP contribution in [0, 0.1) is 0 Å². The molecule has 2 rings (SSSR count). The monoisotopic (exact) mass is 182 g/mol. The summed E-state index contributed by atoms with van der Waals surface area (Å²) in [6.07, 6.45) is 3.94. The van der Waals surface area contributed by atoms with Gasteiger partial charge in [-0.1, -0.05) is 0 Å². The van der Waals surface area contributed by atoms with E-state index >= 15 is 0 Å². The normalized spacial score (nSPS) is 16.4. The van der Waals surface area contributed by atoms with Crippen molar-refractivity contribution in [1.82, 2.24) is 5.16 Å². The summed E-state index contributed by atoms with van der Waals surface area (Å²) in [5.74, 6) is 0.541. The van der Waals surface area contributed by atoms with Crippen LogP contribution in [0.3, 0.4) is 0 Å². The van der Waals surface area contributed by atoms with Gasteiger partial charge in [0.25, 0.3) is 0 Å². The Bertz CT molecular complexity index is 336. The molecule has 0 unspecified atom stereocenters. The van der Waals surface area contributed by atoms with Crippen molar-refractivity contribution in [2.75, 3.05) is 6.54 Å². The first kappa shape index (κ1) is 8.56. The van der Waals surface area contributed by atoms with Gasteiger partial charge < -0.3 is 10.3 Å². The number of rotatable bonds is 4. The highest BCUT2D eigenvalue weighted by Gasteiger charge is 2.29. The molecule has 0 aliphatic heterocycles. The van der Waals surface area contributed by atoms with E-state index in [1.165, 1.54) is 12.8 Å². The number of aromatic amines is 1. The molecule has 4 nitrogen and oxygen atoms in total. The Morgan fingerprint density at radius 1 is 1.54 bits per heavy atom. The summed E-state index contributed by atoms with van der Waals surface area (Å²) in [5, 5.41) is 2.72. The third-order valence-electron chi connectivity index (χ3n) is 2.44. The lowest BCUT2D eigenvalue weighted by atomic mass is 10.1. The molecule has 0 atom stereocenters. The molecule has 0 amide bonds. The second-order valence-electron chi connectivity index (χ2n) is 3.55. The predicted octanol–water partition coefficient (Wildman–Crippen LogP) is 0.737. The van der Waals surface area contributed by atoms with Crippen molar-refractivity contribution < 1.29 is 4.52 Å². The Hall–Kier alpha value is -1.03. The smallest absolute Gasteiger partial charge is 0.339 e. The Morgan fingerprint density at radius 2 is 2.31 bits per heavy atom. The van der Waals surface area contributed by atoms with Gasteiger partial charge in [0.15, 0.2) is 0 Å². The minimum absolute atomic E-state index is 0.213. The van der Waals surface area contributed by atoms with E-state index in [0.29, 0.717) is 12.5 Å². The summed E-state index contributed by atoms with van der Waals surface area (Å²) in [6.45, 7) is 0.620. The van der Waals surface area contributed by atoms with Crippen molar-refractivity contribution in [2.45, 2.75) is 31.6 Å². The van der Waals surface area contributed by atoms with E-state index in [0.717, 1.165) is 24.1 Å². The minimum Gasteiger partial charge on any atom is -0.339 e. The van der Waals surface area contributed by atoms with Gasteiger partial charge in [0.2, 0.25) is 0 Å². The lowest BCUT2D eigenvalue weighted by Crippen LogP contribution is -2.07. The number of H-pyrrole nitrogens is 1. The van der Waals surface area contributed by atoms with E-state index < -0.39 is 0 Å². The third kappa shape index (κ3) is 1.67. The zero-order valence-electron chi connectivity index (χ0n) is 7.51. The van der Waals surface area contributed by atoms with Crippen molar-refractivity contribution >= 4 is 0 Å². The van der Waals surface area contributed by atoms with Crippen molar-refractivity contribution in [3.63, 3.8) is 0 Å². The molecule has 1 fully saturated rings. The van der Waals surface area contributed by atoms with Crippen molar-refractivity contribution in [1.29, 1.82) is 0 Å². The van der Waals surface area contributed by atoms with Crippen molar-refractivity contribution in [2.24, 2.45) is 5.73 Å². The molecule has 1 aliphatic rings. The van der Waals surface area contributed by atoms with Crippen LogP contribution in [0.2, 0.25) is 0 Å². The van der Waals surface area contributed by atoms with E-state index in [4.69, 9.17) is 10.3 Å². The molecule has 13 heavy (non-hydrogen) atoms. The van der Waals surface area contributed by atoms with E-state index in [1.807, 2.05) is 0 Å². The summed E-state index contributed by atoms with van der Waals surface area (Å²) < 4.78 is 4.77. The van der Waals surface area contributed by atoms with Gasteiger partial charge in [-0.25, -0.2) is 9.95 Å². The zero-order valence-corrected chi connectivity index (χ0v) is 7.51. The largest absolute Gasteiger partial charge is 0.360 e. The number of hydrogen-bond acceptors (Lipinski definition) is 3. The molecule has 4 heteroatoms. The SMILES string of the molecule is NCCCc1c(C2CC2)[nH]oc1=O. The van der Waals surface area contributed by atoms with Gasteiger partial charge >= 0.3 is 5.63 Å². The van der Waals surface area contributed by atoms with Crippen LogP contribution in [-0.2, 0) is 6.42 Å². The molecular formula is C9H14N2O2. The van der Waals surface area contributed by atoms with Crippen molar-refractivity contribution in [3.05, 3.63) is 21.7 Å². The lowest BCUT2D eigenvalue weighted by molar-refractivity contribution is 0.384. The molecule has 1 aliphatic carbocycles. The third-order valence-corrected chi connectivity index (χ3v) is 2.44. The summed E-state index contributed by atoms with van der Waals surface area (Å²) >= 11 is 0. The summed E-state index contributed by atoms with van der Waals surface area (Å²) in [5.41, 5.74) is 7.01. The average molecular weight is 182 g/mol. The van der Waals surface area contributed by atoms with Gasteiger partial charge in [0, 0.05) is 5.92 Å². The maximum Gasteiger partial charge on any atom is 0.360 e. The highest BCUT2D eigenvalue weighted by molar-refractivity contribution is 5.23. The topological polar surface area (TPSA) is 72.0 Å². The van der Waals surface area contributed by atoms with E-state index in [-0.39, 0.29) is 5.63 Å². The first-order chi connectivity index (χ1) is 6.33. The molecule has 0 bridgehead atoms. The van der Waals surface area contributed by atoms with Crippen LogP contribution in [0.4, 0.5) is 0 Å². The molecule has 0 radical (unpaired) electrons. The van der Waals surface area contributed by atoms with E-state index in [1.54, 1.807) is 0 Å². The lowest BCUT2D eigenvalue weighted by Gasteiger charge is -1.96. The highest BCUT2D eigenvalue weighted by Crippen LogP contribution is 2.40. The van der Waals surface area contributed by atoms with Crippen LogP contribution >= 0.6 is 0 Å². The fourth-order valence-electron chi connectivity index (χ4n) is 1.55. The summed E-state index contributed by atoms with van der Waals surface area (Å²) in [7, 11) is 0. The quantitative estimate of drug-likeness (QED) is 0.721. The second kappa shape index (κ2) is 3.38. The van der Waals surface area contributed by atoms with Gasteiger partial charge in [0.05, 0.1) is 11.3 Å². The molecule has 0 saturated heterocycles. The Morgan fingerprint density at radius 3 is 2.92 bits per heavy atom. The van der Waals surface area contributed by atoms with Gasteiger partial charge in [0.1, 0.15) is 0 Å². The van der Waals surface area contributed by atoms with Crippen LogP contribution in [0.25, 0.3) is 0 Å². The number of hydrogen-bond donors (Lipinski definition) is 2. The Balaban J connectivity index is 2.19. The van der Waals surface area contributed by atoms with Crippen molar-refractivity contribution in [3.8, 4) is 0 Å². The zero-order chi connectivity index (χ0) is 9.26. The molecule has 1 aromatic heterocycles. The Kier molecular flexibility index (Phi) is 2.22. The number of nitrogens with two attached hydrogens (primary N) is 1. The van der Waals surface area contributed by atoms with Crippen LogP contribution in [0.15, 0.2) is 9.32 Å². The molecule has 1 heterocycles. The highest BCUT2D eigenvalue weighted by atomic mass is 16.5. The van der Waals surface area contributed by atoms with Crippen LogP contribution in [0.1, 0.15) is 36.4 Å². The molecule has 1 saturated carbocycles. The van der Waals surface area contributed by atoms with Gasteiger partial charge in [-0.05, 0) is 32.2 Å². The second-order valence-corrected chi connectivity index (χ2v) is 3.55. The summed E-state index contributed by atoms with van der Waals surface area (Å²) in [4.78, 5) is 11.2. The summed E-state index contributed by atoms with van der Waals surface area (Å²) in [6, 6.07) is 0. The molecule has 0 spiro atoms. The maximum absolute atomic E-state index is 11.2. The molecule has 1 aromatic rings. The molecule has 3 N–H and O–H groups in total. The fraction of sp³-hybridized carbons (Fsp3) is 0.667. The minimum atomic E-state index is -0.213. The van der Waals surface area contributed by atoms with Crippen LogP contribution in [-0.4, -0.2) is 11.7 Å². The van der Waals surface area contributed by atoms with E-state index in [2.05, 4.69) is 5.16 Å². The predicted molar refractivity (Wildman–Crippen MR) is 48.7 cm³/mol. The van der Waals surface area contributed by atoms with Gasteiger partial charge in [-0.15, -0.1) is 0 Å². The van der Waals surface area contributed by atoms with Gasteiger partial charge in [-0.3, -0.25) is 0 Å². The molecule has 72 valence electrons. The van der Waals surface area contributed by atoms with E-state index in [9.17, 15) is 4.79 Å². The number of aromatic nitrogens is 1.